The number of benzene rings is 2. The smallest absolute Gasteiger partial charge is 0.287 e. The van der Waals surface area contributed by atoms with Crippen LogP contribution >= 0.6 is 0 Å². The molecule has 0 bridgehead atoms. The van der Waals surface area contributed by atoms with Crippen LogP contribution < -0.4 is 19.5 Å². The molecule has 2 heterocycles. The zero-order valence-corrected chi connectivity index (χ0v) is 15.8. The summed E-state index contributed by atoms with van der Waals surface area (Å²) in [6.45, 7) is 4.86. The van der Waals surface area contributed by atoms with E-state index in [1.54, 1.807) is 12.1 Å². The molecule has 1 aliphatic rings. The summed E-state index contributed by atoms with van der Waals surface area (Å²) in [6.07, 6.45) is 0. The van der Waals surface area contributed by atoms with Crippen LogP contribution in [0.15, 0.2) is 52.9 Å². The summed E-state index contributed by atoms with van der Waals surface area (Å²) in [5.41, 5.74) is 3.10. The van der Waals surface area contributed by atoms with Crippen LogP contribution in [-0.4, -0.2) is 12.7 Å². The van der Waals surface area contributed by atoms with Crippen LogP contribution in [0.25, 0.3) is 0 Å². The van der Waals surface area contributed by atoms with Gasteiger partial charge in [-0.25, -0.2) is 0 Å². The lowest BCUT2D eigenvalue weighted by molar-refractivity contribution is 0.0919. The van der Waals surface area contributed by atoms with Crippen molar-refractivity contribution in [3.63, 3.8) is 0 Å². The molecule has 4 rings (SSSR count). The molecule has 6 nitrogen and oxygen atoms in total. The van der Waals surface area contributed by atoms with Crippen LogP contribution in [0.5, 0.6) is 17.2 Å². The average Bonchev–Trinajstić information content (AvgIpc) is 3.35. The molecule has 28 heavy (non-hydrogen) atoms. The minimum absolute atomic E-state index is 0.227. The van der Waals surface area contributed by atoms with Crippen molar-refractivity contribution in [2.75, 3.05) is 6.79 Å². The Morgan fingerprint density at radius 3 is 2.79 bits per heavy atom. The van der Waals surface area contributed by atoms with Gasteiger partial charge in [-0.15, -0.1) is 0 Å². The highest BCUT2D eigenvalue weighted by molar-refractivity contribution is 5.91. The fraction of sp³-hybridized carbons (Fsp3) is 0.227. The molecule has 0 radical (unpaired) electrons. The highest BCUT2D eigenvalue weighted by Crippen LogP contribution is 2.32. The number of hydrogen-bond acceptors (Lipinski definition) is 5. The summed E-state index contributed by atoms with van der Waals surface area (Å²) in [5.74, 6) is 2.78. The van der Waals surface area contributed by atoms with Gasteiger partial charge in [-0.05, 0) is 60.9 Å². The molecule has 1 aromatic heterocycles. The number of rotatable bonds is 6. The molecule has 0 saturated heterocycles. The van der Waals surface area contributed by atoms with E-state index in [1.807, 2.05) is 50.2 Å². The Morgan fingerprint density at radius 1 is 1.04 bits per heavy atom. The second-order valence-electron chi connectivity index (χ2n) is 6.69. The van der Waals surface area contributed by atoms with Gasteiger partial charge in [0.2, 0.25) is 6.79 Å². The molecule has 0 unspecified atom stereocenters. The van der Waals surface area contributed by atoms with Crippen LogP contribution in [0, 0.1) is 13.8 Å². The largest absolute Gasteiger partial charge is 0.485 e. The Labute approximate surface area is 163 Å². The lowest BCUT2D eigenvalue weighted by Gasteiger charge is -2.08. The van der Waals surface area contributed by atoms with Crippen molar-refractivity contribution in [1.29, 1.82) is 0 Å². The SMILES string of the molecule is Cc1ccc(C)c(OCc2ccc(C(=O)NCc3ccc4c(c3)OCO4)o2)c1. The zero-order valence-electron chi connectivity index (χ0n) is 15.8. The molecule has 3 aromatic rings. The van der Waals surface area contributed by atoms with Gasteiger partial charge in [0.05, 0.1) is 0 Å². The third kappa shape index (κ3) is 3.96. The second kappa shape index (κ2) is 7.68. The van der Waals surface area contributed by atoms with Crippen molar-refractivity contribution in [2.45, 2.75) is 27.0 Å². The number of nitrogens with one attached hydrogen (secondary N) is 1. The first-order chi connectivity index (χ1) is 13.6. The third-order valence-corrected chi connectivity index (χ3v) is 4.49. The molecule has 0 saturated carbocycles. The van der Waals surface area contributed by atoms with Crippen LogP contribution in [0.4, 0.5) is 0 Å². The predicted molar refractivity (Wildman–Crippen MR) is 103 cm³/mol. The van der Waals surface area contributed by atoms with E-state index in [-0.39, 0.29) is 25.1 Å². The fourth-order valence-electron chi connectivity index (χ4n) is 2.91. The number of amides is 1. The molecule has 0 spiro atoms. The summed E-state index contributed by atoms with van der Waals surface area (Å²) in [7, 11) is 0. The molecule has 144 valence electrons. The number of carbonyl (C=O) groups is 1. The quantitative estimate of drug-likeness (QED) is 0.697. The normalized spacial score (nSPS) is 12.1. The maximum Gasteiger partial charge on any atom is 0.287 e. The highest BCUT2D eigenvalue weighted by Gasteiger charge is 2.15. The van der Waals surface area contributed by atoms with Crippen molar-refractivity contribution in [3.05, 3.63) is 76.7 Å². The van der Waals surface area contributed by atoms with Gasteiger partial charge in [0.25, 0.3) is 5.91 Å². The summed E-state index contributed by atoms with van der Waals surface area (Å²) in [4.78, 5) is 12.3. The van der Waals surface area contributed by atoms with Crippen molar-refractivity contribution < 1.29 is 23.4 Å². The molecular formula is C22H21NO5. The van der Waals surface area contributed by atoms with E-state index in [9.17, 15) is 4.79 Å². The minimum atomic E-state index is -0.282. The van der Waals surface area contributed by atoms with Crippen LogP contribution in [0.3, 0.4) is 0 Å². The molecular weight excluding hydrogens is 358 g/mol. The number of hydrogen-bond donors (Lipinski definition) is 1. The highest BCUT2D eigenvalue weighted by atomic mass is 16.7. The van der Waals surface area contributed by atoms with Gasteiger partial charge in [0.15, 0.2) is 17.3 Å². The van der Waals surface area contributed by atoms with Gasteiger partial charge in [0.1, 0.15) is 18.1 Å². The van der Waals surface area contributed by atoms with Crippen molar-refractivity contribution >= 4 is 5.91 Å². The number of carbonyl (C=O) groups excluding carboxylic acids is 1. The van der Waals surface area contributed by atoms with Crippen LogP contribution in [-0.2, 0) is 13.2 Å². The topological polar surface area (TPSA) is 69.9 Å². The fourth-order valence-corrected chi connectivity index (χ4v) is 2.91. The summed E-state index contributed by atoms with van der Waals surface area (Å²) >= 11 is 0. The van der Waals surface area contributed by atoms with Gasteiger partial charge in [-0.2, -0.15) is 0 Å². The summed E-state index contributed by atoms with van der Waals surface area (Å²) in [6, 6.07) is 15.0. The first kappa shape index (κ1) is 18.0. The molecule has 1 N–H and O–H groups in total. The van der Waals surface area contributed by atoms with Crippen molar-refractivity contribution in [3.8, 4) is 17.2 Å². The molecule has 1 amide bonds. The van der Waals surface area contributed by atoms with E-state index in [0.29, 0.717) is 18.1 Å². The Morgan fingerprint density at radius 2 is 1.89 bits per heavy atom. The lowest BCUT2D eigenvalue weighted by Crippen LogP contribution is -2.22. The molecule has 6 heteroatoms. The number of fused-ring (bicyclic) bond motifs is 1. The lowest BCUT2D eigenvalue weighted by atomic mass is 10.1. The van der Waals surface area contributed by atoms with Crippen molar-refractivity contribution in [1.82, 2.24) is 5.32 Å². The number of aryl methyl sites for hydroxylation is 2. The molecule has 0 aliphatic carbocycles. The van der Waals surface area contributed by atoms with Gasteiger partial charge in [0, 0.05) is 6.54 Å². The van der Waals surface area contributed by atoms with E-state index < -0.39 is 0 Å². The Kier molecular flexibility index (Phi) is 4.93. The average molecular weight is 379 g/mol. The van der Waals surface area contributed by atoms with Gasteiger partial charge >= 0.3 is 0 Å². The third-order valence-electron chi connectivity index (χ3n) is 4.49. The molecule has 2 aromatic carbocycles. The van der Waals surface area contributed by atoms with E-state index >= 15 is 0 Å². The standard InChI is InChI=1S/C22H21NO5/c1-14-3-4-15(2)20(9-14)25-12-17-6-8-19(28-17)22(24)23-11-16-5-7-18-21(10-16)27-13-26-18/h3-10H,11-13H2,1-2H3,(H,23,24). The zero-order chi connectivity index (χ0) is 19.5. The molecule has 0 fully saturated rings. The monoisotopic (exact) mass is 379 g/mol. The van der Waals surface area contributed by atoms with E-state index in [1.165, 1.54) is 0 Å². The number of furan rings is 1. The molecule has 1 aliphatic heterocycles. The first-order valence-electron chi connectivity index (χ1n) is 9.04. The van der Waals surface area contributed by atoms with Crippen molar-refractivity contribution in [2.24, 2.45) is 0 Å². The number of ether oxygens (including phenoxy) is 3. The predicted octanol–water partition coefficient (Wildman–Crippen LogP) is 4.13. The maximum atomic E-state index is 12.3. The Hall–Kier alpha value is -3.41. The van der Waals surface area contributed by atoms with Gasteiger partial charge in [-0.3, -0.25) is 4.79 Å². The summed E-state index contributed by atoms with van der Waals surface area (Å²) < 4.78 is 22.1. The minimum Gasteiger partial charge on any atom is -0.485 e. The maximum absolute atomic E-state index is 12.3. The Balaban J connectivity index is 1.33. The van der Waals surface area contributed by atoms with Crippen LogP contribution in [0.1, 0.15) is 33.0 Å². The Bertz CT molecular complexity index is 1010. The first-order valence-corrected chi connectivity index (χ1v) is 9.04. The van der Waals surface area contributed by atoms with E-state index in [4.69, 9.17) is 18.6 Å². The second-order valence-corrected chi connectivity index (χ2v) is 6.69. The van der Waals surface area contributed by atoms with Gasteiger partial charge < -0.3 is 23.9 Å². The molecule has 0 atom stereocenters. The summed E-state index contributed by atoms with van der Waals surface area (Å²) in [5, 5.41) is 2.84. The van der Waals surface area contributed by atoms with Crippen LogP contribution in [0.2, 0.25) is 0 Å². The van der Waals surface area contributed by atoms with E-state index in [0.717, 1.165) is 28.2 Å². The van der Waals surface area contributed by atoms with E-state index in [2.05, 4.69) is 5.32 Å². The van der Waals surface area contributed by atoms with Gasteiger partial charge in [-0.1, -0.05) is 18.2 Å².